The lowest BCUT2D eigenvalue weighted by atomic mass is 9.93. The number of aliphatic hydroxyl groups is 1. The molecule has 4 heteroatoms. The lowest BCUT2D eigenvalue weighted by molar-refractivity contribution is 0.181. The smallest absolute Gasteiger partial charge is 0.150 e. The first-order valence-corrected chi connectivity index (χ1v) is 5.72. The summed E-state index contributed by atoms with van der Waals surface area (Å²) in [5.74, 6) is 0.978. The van der Waals surface area contributed by atoms with Crippen LogP contribution in [0.25, 0.3) is 0 Å². The Morgan fingerprint density at radius 1 is 1.55 bits per heavy atom. The van der Waals surface area contributed by atoms with Crippen molar-refractivity contribution in [3.8, 4) is 0 Å². The Morgan fingerprint density at radius 3 is 2.36 bits per heavy atom. The molecule has 3 nitrogen and oxygen atoms in total. The Morgan fingerprint density at radius 2 is 2.09 bits per heavy atom. The van der Waals surface area contributed by atoms with Crippen LogP contribution in [0.4, 0.5) is 0 Å². The van der Waals surface area contributed by atoms with Crippen molar-refractivity contribution < 1.29 is 13.5 Å². The predicted molar refractivity (Wildman–Crippen MR) is 43.0 cm³/mol. The van der Waals surface area contributed by atoms with Crippen LogP contribution in [0.3, 0.4) is 0 Å². The van der Waals surface area contributed by atoms with Crippen LogP contribution in [-0.2, 0) is 9.84 Å². The third-order valence-corrected chi connectivity index (χ3v) is 4.23. The van der Waals surface area contributed by atoms with Crippen molar-refractivity contribution in [2.45, 2.75) is 13.3 Å². The molecule has 1 aliphatic rings. The van der Waals surface area contributed by atoms with E-state index in [-0.39, 0.29) is 29.9 Å². The molecule has 0 spiro atoms. The van der Waals surface area contributed by atoms with Gasteiger partial charge in [-0.15, -0.1) is 0 Å². The average Bonchev–Trinajstić information content (AvgIpc) is 1.86. The maximum absolute atomic E-state index is 10.8. The van der Waals surface area contributed by atoms with Crippen LogP contribution in [0.1, 0.15) is 13.3 Å². The fourth-order valence-corrected chi connectivity index (χ4v) is 3.24. The van der Waals surface area contributed by atoms with Crippen molar-refractivity contribution in [1.82, 2.24) is 0 Å². The lowest BCUT2D eigenvalue weighted by Gasteiger charge is -2.31. The van der Waals surface area contributed by atoms with E-state index in [1.807, 2.05) is 6.92 Å². The number of rotatable bonds is 3. The third kappa shape index (κ3) is 1.93. The van der Waals surface area contributed by atoms with Crippen LogP contribution in [0.5, 0.6) is 0 Å². The number of sulfone groups is 1. The molecule has 1 rings (SSSR count). The van der Waals surface area contributed by atoms with Gasteiger partial charge in [-0.2, -0.15) is 0 Å². The quantitative estimate of drug-likeness (QED) is 0.664. The van der Waals surface area contributed by atoms with Gasteiger partial charge in [-0.1, -0.05) is 13.3 Å². The molecular weight excluding hydrogens is 164 g/mol. The molecular formula is C7H14O3S. The van der Waals surface area contributed by atoms with Gasteiger partial charge in [0, 0.05) is 6.61 Å². The SMILES string of the molecule is CCC(CO)C1CS(=O)(=O)C1. The van der Waals surface area contributed by atoms with E-state index in [2.05, 4.69) is 0 Å². The molecule has 11 heavy (non-hydrogen) atoms. The Balaban J connectivity index is 2.42. The van der Waals surface area contributed by atoms with Crippen LogP contribution < -0.4 is 0 Å². The van der Waals surface area contributed by atoms with Gasteiger partial charge in [-0.25, -0.2) is 8.42 Å². The molecule has 0 amide bonds. The summed E-state index contributed by atoms with van der Waals surface area (Å²) in [6.45, 7) is 2.10. The average molecular weight is 178 g/mol. The summed E-state index contributed by atoms with van der Waals surface area (Å²) in [4.78, 5) is 0. The van der Waals surface area contributed by atoms with E-state index in [0.29, 0.717) is 0 Å². The molecule has 1 atom stereocenters. The Kier molecular flexibility index (Phi) is 2.54. The molecule has 0 aliphatic carbocycles. The van der Waals surface area contributed by atoms with Crippen molar-refractivity contribution in [1.29, 1.82) is 0 Å². The van der Waals surface area contributed by atoms with Gasteiger partial charge in [0.25, 0.3) is 0 Å². The molecule has 1 unspecified atom stereocenters. The third-order valence-electron chi connectivity index (χ3n) is 2.36. The van der Waals surface area contributed by atoms with Gasteiger partial charge >= 0.3 is 0 Å². The van der Waals surface area contributed by atoms with E-state index >= 15 is 0 Å². The van der Waals surface area contributed by atoms with E-state index in [4.69, 9.17) is 5.11 Å². The molecule has 66 valence electrons. The maximum Gasteiger partial charge on any atom is 0.150 e. The second-order valence-electron chi connectivity index (χ2n) is 3.19. The van der Waals surface area contributed by atoms with E-state index in [1.165, 1.54) is 0 Å². The van der Waals surface area contributed by atoms with Crippen LogP contribution in [0, 0.1) is 11.8 Å². The summed E-state index contributed by atoms with van der Waals surface area (Å²) < 4.78 is 21.5. The van der Waals surface area contributed by atoms with Gasteiger partial charge < -0.3 is 5.11 Å². The Labute approximate surface area is 67.3 Å². The van der Waals surface area contributed by atoms with Gasteiger partial charge in [0.1, 0.15) is 0 Å². The number of aliphatic hydroxyl groups excluding tert-OH is 1. The number of hydrogen-bond donors (Lipinski definition) is 1. The molecule has 1 saturated heterocycles. The van der Waals surface area contributed by atoms with Crippen molar-refractivity contribution in [3.63, 3.8) is 0 Å². The molecule has 0 bridgehead atoms. The second-order valence-corrected chi connectivity index (χ2v) is 5.34. The monoisotopic (exact) mass is 178 g/mol. The summed E-state index contributed by atoms with van der Waals surface area (Å²) in [7, 11) is -2.71. The second kappa shape index (κ2) is 3.11. The topological polar surface area (TPSA) is 54.4 Å². The fourth-order valence-electron chi connectivity index (χ4n) is 1.49. The van der Waals surface area contributed by atoms with Crippen molar-refractivity contribution in [2.75, 3.05) is 18.1 Å². The summed E-state index contributed by atoms with van der Waals surface area (Å²) in [6.07, 6.45) is 0.872. The molecule has 1 fully saturated rings. The largest absolute Gasteiger partial charge is 0.396 e. The van der Waals surface area contributed by atoms with E-state index in [0.717, 1.165) is 6.42 Å². The zero-order valence-electron chi connectivity index (χ0n) is 6.66. The predicted octanol–water partition coefficient (Wildman–Crippen LogP) is 0.0495. The Bertz CT molecular complexity index is 204. The van der Waals surface area contributed by atoms with Crippen LogP contribution in [-0.4, -0.2) is 31.6 Å². The summed E-state index contributed by atoms with van der Waals surface area (Å²) in [6, 6.07) is 0. The van der Waals surface area contributed by atoms with Crippen LogP contribution in [0.15, 0.2) is 0 Å². The minimum absolute atomic E-state index is 0.122. The molecule has 0 radical (unpaired) electrons. The molecule has 0 aromatic rings. The minimum Gasteiger partial charge on any atom is -0.396 e. The molecule has 1 heterocycles. The summed E-state index contributed by atoms with van der Waals surface area (Å²) >= 11 is 0. The first-order valence-electron chi connectivity index (χ1n) is 3.90. The molecule has 1 aliphatic heterocycles. The van der Waals surface area contributed by atoms with E-state index in [1.54, 1.807) is 0 Å². The highest BCUT2D eigenvalue weighted by atomic mass is 32.2. The van der Waals surface area contributed by atoms with E-state index < -0.39 is 9.84 Å². The van der Waals surface area contributed by atoms with Crippen molar-refractivity contribution in [2.24, 2.45) is 11.8 Å². The highest BCUT2D eigenvalue weighted by molar-refractivity contribution is 7.92. The Hall–Kier alpha value is -0.0900. The highest BCUT2D eigenvalue weighted by Gasteiger charge is 2.37. The zero-order chi connectivity index (χ0) is 8.48. The van der Waals surface area contributed by atoms with Crippen LogP contribution in [0.2, 0.25) is 0 Å². The first kappa shape index (κ1) is 9.00. The van der Waals surface area contributed by atoms with Gasteiger partial charge in [-0.3, -0.25) is 0 Å². The van der Waals surface area contributed by atoms with Gasteiger partial charge in [0.05, 0.1) is 11.5 Å². The van der Waals surface area contributed by atoms with Gasteiger partial charge in [0.2, 0.25) is 0 Å². The summed E-state index contributed by atoms with van der Waals surface area (Å²) in [5.41, 5.74) is 0. The molecule has 1 N–H and O–H groups in total. The first-order chi connectivity index (χ1) is 5.09. The highest BCUT2D eigenvalue weighted by Crippen LogP contribution is 2.27. The molecule has 0 aromatic heterocycles. The van der Waals surface area contributed by atoms with E-state index in [9.17, 15) is 8.42 Å². The van der Waals surface area contributed by atoms with Crippen molar-refractivity contribution in [3.05, 3.63) is 0 Å². The van der Waals surface area contributed by atoms with Crippen LogP contribution >= 0.6 is 0 Å². The van der Waals surface area contributed by atoms with Gasteiger partial charge in [0.15, 0.2) is 9.84 Å². The zero-order valence-corrected chi connectivity index (χ0v) is 7.47. The standard InChI is InChI=1S/C7H14O3S/c1-2-6(3-8)7-4-11(9,10)5-7/h6-8H,2-5H2,1H3. The van der Waals surface area contributed by atoms with Gasteiger partial charge in [-0.05, 0) is 11.8 Å². The maximum atomic E-state index is 10.8. The summed E-state index contributed by atoms with van der Waals surface area (Å²) in [5, 5.41) is 8.84. The van der Waals surface area contributed by atoms with Crippen molar-refractivity contribution >= 4 is 9.84 Å². The fraction of sp³-hybridized carbons (Fsp3) is 1.00. The normalized spacial score (nSPS) is 26.0. The lowest BCUT2D eigenvalue weighted by Crippen LogP contribution is -2.42. The molecule has 0 aromatic carbocycles. The minimum atomic E-state index is -2.71. The molecule has 0 saturated carbocycles. The number of hydrogen-bond acceptors (Lipinski definition) is 3.